The first kappa shape index (κ1) is 15.5. The van der Waals surface area contributed by atoms with Crippen LogP contribution in [0.2, 0.25) is 0 Å². The molecule has 0 amide bonds. The van der Waals surface area contributed by atoms with E-state index in [-0.39, 0.29) is 5.34 Å². The molecule has 15 heavy (non-hydrogen) atoms. The van der Waals surface area contributed by atoms with Gasteiger partial charge in [-0.15, -0.1) is 23.2 Å². The van der Waals surface area contributed by atoms with Crippen LogP contribution in [0.3, 0.4) is 0 Å². The zero-order chi connectivity index (χ0) is 11.5. The summed E-state index contributed by atoms with van der Waals surface area (Å²) in [6, 6.07) is 0.471. The maximum absolute atomic E-state index is 8.62. The van der Waals surface area contributed by atoms with Gasteiger partial charge in [0.15, 0.2) is 0 Å². The van der Waals surface area contributed by atoms with Crippen molar-refractivity contribution in [3.8, 4) is 0 Å². The van der Waals surface area contributed by atoms with Crippen molar-refractivity contribution in [1.29, 1.82) is 0 Å². The molecule has 1 aliphatic rings. The van der Waals surface area contributed by atoms with Gasteiger partial charge in [-0.2, -0.15) is 0 Å². The second-order valence-electron chi connectivity index (χ2n) is 4.10. The third kappa shape index (κ3) is 9.43. The Morgan fingerprint density at radius 1 is 1.07 bits per heavy atom. The quantitative estimate of drug-likeness (QED) is 0.599. The number of hydrogen-bond acceptors (Lipinski definition) is 2. The molecule has 0 radical (unpaired) electrons. The normalized spacial score (nSPS) is 25.6. The second kappa shape index (κ2) is 11.0. The zero-order valence-electron chi connectivity index (χ0n) is 9.30. The third-order valence-corrected chi connectivity index (χ3v) is 2.91. The number of halogens is 2. The third-order valence-electron chi connectivity index (χ3n) is 2.91. The fourth-order valence-electron chi connectivity index (χ4n) is 2.02. The summed E-state index contributed by atoms with van der Waals surface area (Å²) >= 11 is 9.53. The first-order valence-corrected chi connectivity index (χ1v) is 6.79. The molecule has 1 fully saturated rings. The molecule has 4 heteroatoms. The minimum absolute atomic E-state index is 0.194. The molecule has 2 nitrogen and oxygen atoms in total. The number of hydrogen-bond donors (Lipinski definition) is 2. The predicted octanol–water partition coefficient (Wildman–Crippen LogP) is 3.09. The number of aliphatic hydroxyl groups excluding tert-OH is 1. The first-order chi connectivity index (χ1) is 7.24. The zero-order valence-corrected chi connectivity index (χ0v) is 10.8. The average Bonchev–Trinajstić information content (AvgIpc) is 2.23. The maximum atomic E-state index is 8.62. The molecule has 0 bridgehead atoms. The molecule has 0 aromatic heterocycles. The Labute approximate surface area is 103 Å². The molecule has 0 atom stereocenters. The van der Waals surface area contributed by atoms with Crippen molar-refractivity contribution in [2.75, 3.05) is 11.9 Å². The fourth-order valence-corrected chi connectivity index (χ4v) is 2.02. The molecule has 0 unspecified atom stereocenters. The fraction of sp³-hybridized carbons (Fsp3) is 1.00. The van der Waals surface area contributed by atoms with Crippen LogP contribution in [-0.2, 0) is 0 Å². The lowest BCUT2D eigenvalue weighted by atomic mass is 9.83. The van der Waals surface area contributed by atoms with Crippen LogP contribution >= 0.6 is 23.2 Å². The molecule has 0 aliphatic heterocycles. The van der Waals surface area contributed by atoms with E-state index in [1.54, 1.807) is 0 Å². The van der Waals surface area contributed by atoms with Gasteiger partial charge in [0.2, 0.25) is 0 Å². The summed E-state index contributed by atoms with van der Waals surface area (Å²) < 4.78 is 0. The smallest absolute Gasteiger partial charge is 0.0967 e. The van der Waals surface area contributed by atoms with Gasteiger partial charge in [-0.3, -0.25) is 0 Å². The van der Waals surface area contributed by atoms with Crippen LogP contribution in [0.1, 0.15) is 44.9 Å². The highest BCUT2D eigenvalue weighted by atomic mass is 35.5. The summed E-state index contributed by atoms with van der Waals surface area (Å²) in [5.74, 6) is 0.899. The van der Waals surface area contributed by atoms with E-state index in [0.29, 0.717) is 12.6 Å². The minimum Gasteiger partial charge on any atom is -0.396 e. The van der Waals surface area contributed by atoms with E-state index in [9.17, 15) is 0 Å². The molecule has 0 spiro atoms. The Balaban J connectivity index is 0.000000583. The highest BCUT2D eigenvalue weighted by Crippen LogP contribution is 2.27. The highest BCUT2D eigenvalue weighted by Gasteiger charge is 2.17. The topological polar surface area (TPSA) is 46.2 Å². The van der Waals surface area contributed by atoms with Crippen LogP contribution in [0.4, 0.5) is 0 Å². The maximum Gasteiger partial charge on any atom is 0.0967 e. The standard InChI is InChI=1S/C10H21NO.CH2Cl2/c11-10-6-4-9(5-7-10)3-1-2-8-12;2-1-3/h9-10,12H,1-8,11H2;1H2. The van der Waals surface area contributed by atoms with E-state index in [2.05, 4.69) is 0 Å². The van der Waals surface area contributed by atoms with E-state index >= 15 is 0 Å². The van der Waals surface area contributed by atoms with Crippen molar-refractivity contribution >= 4 is 23.2 Å². The summed E-state index contributed by atoms with van der Waals surface area (Å²) in [6.07, 6.45) is 8.51. The van der Waals surface area contributed by atoms with Gasteiger partial charge >= 0.3 is 0 Å². The van der Waals surface area contributed by atoms with Crippen LogP contribution in [0.25, 0.3) is 0 Å². The van der Waals surface area contributed by atoms with E-state index < -0.39 is 0 Å². The Hall–Kier alpha value is 0.500. The summed E-state index contributed by atoms with van der Waals surface area (Å²) in [4.78, 5) is 0. The number of aliphatic hydroxyl groups is 1. The van der Waals surface area contributed by atoms with E-state index in [1.807, 2.05) is 0 Å². The van der Waals surface area contributed by atoms with Gasteiger partial charge < -0.3 is 10.8 Å². The number of unbranched alkanes of at least 4 members (excludes halogenated alkanes) is 1. The predicted molar refractivity (Wildman–Crippen MR) is 67.4 cm³/mol. The Bertz CT molecular complexity index is 128. The van der Waals surface area contributed by atoms with Gasteiger partial charge in [0.25, 0.3) is 0 Å². The van der Waals surface area contributed by atoms with Crippen molar-refractivity contribution in [3.63, 3.8) is 0 Å². The number of alkyl halides is 2. The lowest BCUT2D eigenvalue weighted by Crippen LogP contribution is -2.26. The molecule has 0 aromatic carbocycles. The lowest BCUT2D eigenvalue weighted by molar-refractivity contribution is 0.262. The minimum atomic E-state index is 0.194. The van der Waals surface area contributed by atoms with Crippen LogP contribution in [-0.4, -0.2) is 23.1 Å². The monoisotopic (exact) mass is 255 g/mol. The van der Waals surface area contributed by atoms with Crippen molar-refractivity contribution < 1.29 is 5.11 Å². The van der Waals surface area contributed by atoms with E-state index in [1.165, 1.54) is 38.5 Å². The van der Waals surface area contributed by atoms with Crippen LogP contribution in [0.5, 0.6) is 0 Å². The Kier molecular flexibility index (Phi) is 11.4. The van der Waals surface area contributed by atoms with Crippen molar-refractivity contribution in [3.05, 3.63) is 0 Å². The van der Waals surface area contributed by atoms with Gasteiger partial charge in [-0.25, -0.2) is 0 Å². The Morgan fingerprint density at radius 2 is 1.60 bits per heavy atom. The molecule has 1 saturated carbocycles. The van der Waals surface area contributed by atoms with Crippen LogP contribution in [0, 0.1) is 5.92 Å². The van der Waals surface area contributed by atoms with E-state index in [0.717, 1.165) is 12.3 Å². The number of nitrogens with two attached hydrogens (primary N) is 1. The molecular weight excluding hydrogens is 233 g/mol. The molecule has 92 valence electrons. The molecule has 1 rings (SSSR count). The summed E-state index contributed by atoms with van der Waals surface area (Å²) in [5.41, 5.74) is 5.81. The van der Waals surface area contributed by atoms with Gasteiger partial charge in [-0.05, 0) is 38.0 Å². The van der Waals surface area contributed by atoms with Gasteiger partial charge in [0.05, 0.1) is 5.34 Å². The van der Waals surface area contributed by atoms with Crippen molar-refractivity contribution in [2.45, 2.75) is 51.0 Å². The SMILES string of the molecule is ClCCl.NC1CCC(CCCCO)CC1. The second-order valence-corrected chi connectivity index (χ2v) is 4.91. The molecule has 0 heterocycles. The first-order valence-electron chi connectivity index (χ1n) is 5.73. The molecule has 0 aromatic rings. The summed E-state index contributed by atoms with van der Waals surface area (Å²) in [7, 11) is 0. The highest BCUT2D eigenvalue weighted by molar-refractivity contribution is 6.40. The lowest BCUT2D eigenvalue weighted by Gasteiger charge is -2.25. The molecule has 0 saturated heterocycles. The molecular formula is C11H23Cl2NO. The average molecular weight is 256 g/mol. The van der Waals surface area contributed by atoms with Gasteiger partial charge in [0.1, 0.15) is 0 Å². The van der Waals surface area contributed by atoms with Crippen LogP contribution < -0.4 is 5.73 Å². The van der Waals surface area contributed by atoms with Crippen molar-refractivity contribution in [1.82, 2.24) is 0 Å². The van der Waals surface area contributed by atoms with Crippen molar-refractivity contribution in [2.24, 2.45) is 11.7 Å². The summed E-state index contributed by atoms with van der Waals surface area (Å²) in [6.45, 7) is 0.353. The van der Waals surface area contributed by atoms with Crippen LogP contribution in [0.15, 0.2) is 0 Å². The van der Waals surface area contributed by atoms with E-state index in [4.69, 9.17) is 34.0 Å². The van der Waals surface area contributed by atoms with Gasteiger partial charge in [-0.1, -0.05) is 12.8 Å². The Morgan fingerprint density at radius 3 is 2.07 bits per heavy atom. The molecule has 3 N–H and O–H groups in total. The molecule has 1 aliphatic carbocycles. The number of rotatable bonds is 4. The summed E-state index contributed by atoms with van der Waals surface area (Å²) in [5, 5.41) is 8.81. The largest absolute Gasteiger partial charge is 0.396 e. The van der Waals surface area contributed by atoms with Gasteiger partial charge in [0, 0.05) is 12.6 Å².